The zero-order valence-electron chi connectivity index (χ0n) is 8.97. The van der Waals surface area contributed by atoms with Gasteiger partial charge in [-0.2, -0.15) is 0 Å². The third-order valence-electron chi connectivity index (χ3n) is 1.83. The van der Waals surface area contributed by atoms with Crippen LogP contribution in [-0.4, -0.2) is 17.1 Å². The molecular formula is C11H14N2O2S. The fourth-order valence-electron chi connectivity index (χ4n) is 1.18. The summed E-state index contributed by atoms with van der Waals surface area (Å²) in [6.45, 7) is 1.81. The molecule has 3 N–H and O–H groups in total. The lowest BCUT2D eigenvalue weighted by molar-refractivity contribution is 0.197. The highest BCUT2D eigenvalue weighted by molar-refractivity contribution is 7.80. The van der Waals surface area contributed by atoms with E-state index in [1.54, 1.807) is 24.3 Å². The van der Waals surface area contributed by atoms with Gasteiger partial charge in [-0.15, -0.1) is 0 Å². The topological polar surface area (TPSA) is 64.3 Å². The first kappa shape index (κ1) is 12.4. The molecule has 1 atom stereocenters. The minimum absolute atomic E-state index is 0.131. The molecule has 0 saturated carbocycles. The van der Waals surface area contributed by atoms with Crippen LogP contribution in [0.2, 0.25) is 0 Å². The van der Waals surface area contributed by atoms with Gasteiger partial charge in [0.05, 0.1) is 4.99 Å². The van der Waals surface area contributed by atoms with E-state index in [-0.39, 0.29) is 6.04 Å². The molecule has 1 amide bonds. The SMILES string of the molecule is CC(CC(N)=S)NC(=O)Oc1ccccc1. The molecule has 1 aromatic carbocycles. The summed E-state index contributed by atoms with van der Waals surface area (Å²) >= 11 is 4.74. The molecule has 0 radical (unpaired) electrons. The fourth-order valence-corrected chi connectivity index (χ4v) is 1.43. The average molecular weight is 238 g/mol. The molecule has 1 aromatic rings. The minimum atomic E-state index is -0.505. The van der Waals surface area contributed by atoms with Gasteiger partial charge < -0.3 is 15.8 Å². The average Bonchev–Trinajstić information content (AvgIpc) is 2.17. The van der Waals surface area contributed by atoms with Crippen molar-refractivity contribution in [3.63, 3.8) is 0 Å². The third kappa shape index (κ3) is 4.75. The Morgan fingerprint density at radius 1 is 1.50 bits per heavy atom. The van der Waals surface area contributed by atoms with Crippen LogP contribution >= 0.6 is 12.2 Å². The van der Waals surface area contributed by atoms with Crippen LogP contribution in [0.4, 0.5) is 4.79 Å². The summed E-state index contributed by atoms with van der Waals surface area (Å²) in [5.74, 6) is 0.502. The maximum Gasteiger partial charge on any atom is 0.412 e. The summed E-state index contributed by atoms with van der Waals surface area (Å²) in [5.41, 5.74) is 5.36. The van der Waals surface area contributed by atoms with E-state index in [4.69, 9.17) is 22.7 Å². The molecule has 0 saturated heterocycles. The first-order chi connectivity index (χ1) is 7.58. The van der Waals surface area contributed by atoms with Crippen molar-refractivity contribution < 1.29 is 9.53 Å². The first-order valence-corrected chi connectivity index (χ1v) is 5.30. The lowest BCUT2D eigenvalue weighted by atomic mass is 10.2. The normalized spacial score (nSPS) is 11.6. The maximum absolute atomic E-state index is 11.4. The van der Waals surface area contributed by atoms with Gasteiger partial charge in [0.2, 0.25) is 0 Å². The summed E-state index contributed by atoms with van der Waals surface area (Å²) in [6, 6.07) is 8.71. The Morgan fingerprint density at radius 3 is 2.69 bits per heavy atom. The monoisotopic (exact) mass is 238 g/mol. The molecule has 0 aliphatic heterocycles. The molecule has 0 bridgehead atoms. The van der Waals surface area contributed by atoms with Crippen molar-refractivity contribution in [2.45, 2.75) is 19.4 Å². The Kier molecular flexibility index (Phi) is 4.72. The molecule has 0 spiro atoms. The van der Waals surface area contributed by atoms with Crippen molar-refractivity contribution in [3.05, 3.63) is 30.3 Å². The Labute approximate surface area is 99.8 Å². The summed E-state index contributed by atoms with van der Waals surface area (Å²) in [6.07, 6.45) is -0.0471. The fraction of sp³-hybridized carbons (Fsp3) is 0.273. The van der Waals surface area contributed by atoms with Gasteiger partial charge in [0.15, 0.2) is 0 Å². The summed E-state index contributed by atoms with van der Waals surface area (Å²) in [4.78, 5) is 11.8. The van der Waals surface area contributed by atoms with Crippen molar-refractivity contribution in [2.75, 3.05) is 0 Å². The highest BCUT2D eigenvalue weighted by atomic mass is 32.1. The zero-order chi connectivity index (χ0) is 12.0. The standard InChI is InChI=1S/C11H14N2O2S/c1-8(7-10(12)16)13-11(14)15-9-5-3-2-4-6-9/h2-6,8H,7H2,1H3,(H2,12,16)(H,13,14). The van der Waals surface area contributed by atoms with Crippen LogP contribution in [0.3, 0.4) is 0 Å². The van der Waals surface area contributed by atoms with Crippen LogP contribution < -0.4 is 15.8 Å². The van der Waals surface area contributed by atoms with Crippen LogP contribution in [-0.2, 0) is 0 Å². The highest BCUT2D eigenvalue weighted by Crippen LogP contribution is 2.08. The molecule has 0 aliphatic carbocycles. The zero-order valence-corrected chi connectivity index (χ0v) is 9.79. The van der Waals surface area contributed by atoms with E-state index in [2.05, 4.69) is 5.32 Å². The van der Waals surface area contributed by atoms with Gasteiger partial charge in [0.25, 0.3) is 0 Å². The van der Waals surface area contributed by atoms with Crippen LogP contribution in [0.5, 0.6) is 5.75 Å². The van der Waals surface area contributed by atoms with Gasteiger partial charge in [0.1, 0.15) is 5.75 Å². The molecule has 1 rings (SSSR count). The van der Waals surface area contributed by atoms with E-state index in [1.807, 2.05) is 13.0 Å². The molecule has 1 unspecified atom stereocenters. The molecule has 0 heterocycles. The first-order valence-electron chi connectivity index (χ1n) is 4.89. The van der Waals surface area contributed by atoms with Gasteiger partial charge in [-0.1, -0.05) is 30.4 Å². The van der Waals surface area contributed by atoms with Gasteiger partial charge in [0, 0.05) is 12.5 Å². The maximum atomic E-state index is 11.4. The number of hydrogen-bond acceptors (Lipinski definition) is 3. The highest BCUT2D eigenvalue weighted by Gasteiger charge is 2.09. The number of benzene rings is 1. The van der Waals surface area contributed by atoms with Crippen LogP contribution in [0.25, 0.3) is 0 Å². The number of hydrogen-bond donors (Lipinski definition) is 2. The molecular weight excluding hydrogens is 224 g/mol. The van der Waals surface area contributed by atoms with E-state index in [0.717, 1.165) is 0 Å². The molecule has 5 heteroatoms. The van der Waals surface area contributed by atoms with E-state index >= 15 is 0 Å². The minimum Gasteiger partial charge on any atom is -0.410 e. The second-order valence-corrected chi connectivity index (χ2v) is 3.94. The van der Waals surface area contributed by atoms with Crippen molar-refractivity contribution in [1.82, 2.24) is 5.32 Å². The summed E-state index contributed by atoms with van der Waals surface area (Å²) < 4.78 is 5.03. The number of carbonyl (C=O) groups excluding carboxylic acids is 1. The summed E-state index contributed by atoms with van der Waals surface area (Å²) in [7, 11) is 0. The number of carbonyl (C=O) groups is 1. The number of thiocarbonyl (C=S) groups is 1. The molecule has 0 aliphatic rings. The lowest BCUT2D eigenvalue weighted by Crippen LogP contribution is -2.37. The van der Waals surface area contributed by atoms with E-state index < -0.39 is 6.09 Å². The van der Waals surface area contributed by atoms with Crippen LogP contribution in [0.15, 0.2) is 30.3 Å². The largest absolute Gasteiger partial charge is 0.412 e. The molecule has 16 heavy (non-hydrogen) atoms. The van der Waals surface area contributed by atoms with Gasteiger partial charge in [-0.25, -0.2) is 4.79 Å². The lowest BCUT2D eigenvalue weighted by Gasteiger charge is -2.12. The number of nitrogens with two attached hydrogens (primary N) is 1. The van der Waals surface area contributed by atoms with Crippen molar-refractivity contribution in [3.8, 4) is 5.75 Å². The van der Waals surface area contributed by atoms with E-state index in [9.17, 15) is 4.79 Å². The number of rotatable bonds is 4. The van der Waals surface area contributed by atoms with Gasteiger partial charge in [-0.3, -0.25) is 0 Å². The van der Waals surface area contributed by atoms with Gasteiger partial charge >= 0.3 is 6.09 Å². The molecule has 0 aromatic heterocycles. The van der Waals surface area contributed by atoms with Gasteiger partial charge in [-0.05, 0) is 19.1 Å². The predicted molar refractivity (Wildman–Crippen MR) is 66.5 cm³/mol. The summed E-state index contributed by atoms with van der Waals surface area (Å²) in [5, 5.41) is 2.63. The third-order valence-corrected chi connectivity index (χ3v) is 1.99. The molecule has 4 nitrogen and oxygen atoms in total. The van der Waals surface area contributed by atoms with Crippen molar-refractivity contribution in [2.24, 2.45) is 5.73 Å². The number of para-hydroxylation sites is 1. The van der Waals surface area contributed by atoms with Crippen LogP contribution in [0, 0.1) is 0 Å². The molecule has 86 valence electrons. The van der Waals surface area contributed by atoms with E-state index in [0.29, 0.717) is 17.2 Å². The number of nitrogens with one attached hydrogen (secondary N) is 1. The molecule has 0 fully saturated rings. The second kappa shape index (κ2) is 6.07. The Morgan fingerprint density at radius 2 is 2.12 bits per heavy atom. The van der Waals surface area contributed by atoms with Crippen molar-refractivity contribution in [1.29, 1.82) is 0 Å². The predicted octanol–water partition coefficient (Wildman–Crippen LogP) is 1.84. The Bertz CT molecular complexity index is 368. The number of amides is 1. The Hall–Kier alpha value is -1.62. The van der Waals surface area contributed by atoms with Crippen LogP contribution in [0.1, 0.15) is 13.3 Å². The number of ether oxygens (including phenoxy) is 1. The van der Waals surface area contributed by atoms with Crippen molar-refractivity contribution >= 4 is 23.3 Å². The quantitative estimate of drug-likeness (QED) is 0.786. The smallest absolute Gasteiger partial charge is 0.410 e. The second-order valence-electron chi connectivity index (χ2n) is 3.42. The Balaban J connectivity index is 2.39. The van der Waals surface area contributed by atoms with E-state index in [1.165, 1.54) is 0 Å².